The summed E-state index contributed by atoms with van der Waals surface area (Å²) in [6.45, 7) is 10.4. The van der Waals surface area contributed by atoms with Crippen molar-refractivity contribution < 1.29 is 42.9 Å². The van der Waals surface area contributed by atoms with Crippen LogP contribution in [0.4, 0.5) is 0 Å². The van der Waals surface area contributed by atoms with Gasteiger partial charge < -0.3 is 28.5 Å². The number of hydrogen-bond acceptors (Lipinski definition) is 9. The first-order valence-electron chi connectivity index (χ1n) is 15.3. The lowest BCUT2D eigenvalue weighted by molar-refractivity contribution is -0.266. The first-order valence-corrected chi connectivity index (χ1v) is 15.3. The Kier molecular flexibility index (Phi) is 5.04. The Labute approximate surface area is 239 Å². The molecule has 0 amide bonds. The van der Waals surface area contributed by atoms with Crippen molar-refractivity contribution in [1.82, 2.24) is 0 Å². The zero-order chi connectivity index (χ0) is 28.9. The molecule has 4 saturated heterocycles. The van der Waals surface area contributed by atoms with Gasteiger partial charge in [0.25, 0.3) is 0 Å². The summed E-state index contributed by atoms with van der Waals surface area (Å²) in [4.78, 5) is 41.5. The molecule has 41 heavy (non-hydrogen) atoms. The van der Waals surface area contributed by atoms with Crippen LogP contribution in [-0.2, 0) is 33.3 Å². The van der Waals surface area contributed by atoms with E-state index in [1.807, 2.05) is 13.8 Å². The van der Waals surface area contributed by atoms with Gasteiger partial charge >= 0.3 is 11.9 Å². The van der Waals surface area contributed by atoms with Crippen molar-refractivity contribution in [1.29, 1.82) is 0 Å². The molecule has 0 unspecified atom stereocenters. The minimum absolute atomic E-state index is 0.0231. The molecule has 2 spiro atoms. The van der Waals surface area contributed by atoms with Gasteiger partial charge in [0.05, 0.1) is 36.1 Å². The highest BCUT2D eigenvalue weighted by Gasteiger charge is 2.92. The third-order valence-electron chi connectivity index (χ3n) is 12.9. The van der Waals surface area contributed by atoms with Crippen LogP contribution in [0, 0.1) is 45.8 Å². The van der Waals surface area contributed by atoms with Crippen molar-refractivity contribution in [2.24, 2.45) is 45.8 Å². The zero-order valence-corrected chi connectivity index (χ0v) is 24.4. The molecule has 1 aromatic heterocycles. The van der Waals surface area contributed by atoms with E-state index in [4.69, 9.17) is 23.4 Å². The fourth-order valence-electron chi connectivity index (χ4n) is 11.6. The van der Waals surface area contributed by atoms with Crippen LogP contribution in [0.5, 0.6) is 0 Å². The minimum atomic E-state index is -1.37. The fraction of sp³-hybridized carbons (Fsp3) is 0.781. The molecule has 5 heterocycles. The van der Waals surface area contributed by atoms with Crippen molar-refractivity contribution in [3.05, 3.63) is 24.2 Å². The van der Waals surface area contributed by atoms with Crippen LogP contribution in [0.1, 0.15) is 78.4 Å². The largest absolute Gasteiger partial charge is 0.472 e. The molecule has 7 aliphatic rings. The van der Waals surface area contributed by atoms with E-state index in [2.05, 4.69) is 20.8 Å². The second kappa shape index (κ2) is 7.83. The van der Waals surface area contributed by atoms with Crippen LogP contribution in [0.15, 0.2) is 23.0 Å². The molecule has 222 valence electrons. The summed E-state index contributed by atoms with van der Waals surface area (Å²) in [6.07, 6.45) is 3.22. The molecule has 2 bridgehead atoms. The van der Waals surface area contributed by atoms with Crippen molar-refractivity contribution in [3.8, 4) is 0 Å². The van der Waals surface area contributed by atoms with E-state index in [0.29, 0.717) is 25.2 Å². The lowest BCUT2D eigenvalue weighted by atomic mass is 9.34. The van der Waals surface area contributed by atoms with E-state index >= 15 is 0 Å². The van der Waals surface area contributed by atoms with Gasteiger partial charge in [-0.2, -0.15) is 0 Å². The molecule has 3 saturated carbocycles. The number of ketones is 1. The van der Waals surface area contributed by atoms with Crippen molar-refractivity contribution in [3.63, 3.8) is 0 Å². The van der Waals surface area contributed by atoms with Gasteiger partial charge in [-0.15, -0.1) is 0 Å². The number of furan rings is 1. The second-order valence-corrected chi connectivity index (χ2v) is 15.2. The first-order chi connectivity index (χ1) is 19.4. The summed E-state index contributed by atoms with van der Waals surface area (Å²) >= 11 is 0. The topological polar surface area (TPSA) is 125 Å². The van der Waals surface area contributed by atoms with Crippen LogP contribution in [-0.4, -0.2) is 58.9 Å². The number of hydrogen-bond donors (Lipinski definition) is 1. The van der Waals surface area contributed by atoms with Gasteiger partial charge in [-0.25, -0.2) is 4.79 Å². The van der Waals surface area contributed by atoms with Gasteiger partial charge in [-0.05, 0) is 62.8 Å². The monoisotopic (exact) mass is 568 g/mol. The zero-order valence-electron chi connectivity index (χ0n) is 24.4. The van der Waals surface area contributed by atoms with Crippen LogP contribution in [0.2, 0.25) is 0 Å². The average Bonchev–Trinajstić information content (AvgIpc) is 3.41. The van der Waals surface area contributed by atoms with Crippen LogP contribution in [0.25, 0.3) is 0 Å². The van der Waals surface area contributed by atoms with Crippen molar-refractivity contribution in [2.75, 3.05) is 6.61 Å². The molecule has 0 aromatic carbocycles. The number of epoxide rings is 1. The Morgan fingerprint density at radius 3 is 2.54 bits per heavy atom. The van der Waals surface area contributed by atoms with Crippen LogP contribution in [0.3, 0.4) is 0 Å². The molecule has 0 radical (unpaired) electrons. The van der Waals surface area contributed by atoms with E-state index in [-0.39, 0.29) is 30.2 Å². The number of aliphatic hydroxyl groups excluding tert-OH is 1. The summed E-state index contributed by atoms with van der Waals surface area (Å²) in [5.74, 6) is -1.95. The predicted molar refractivity (Wildman–Crippen MR) is 141 cm³/mol. The van der Waals surface area contributed by atoms with Gasteiger partial charge in [0.15, 0.2) is 11.9 Å². The maximum atomic E-state index is 14.8. The van der Waals surface area contributed by atoms with E-state index in [9.17, 15) is 19.5 Å². The van der Waals surface area contributed by atoms with E-state index in [1.54, 1.807) is 18.6 Å². The van der Waals surface area contributed by atoms with Gasteiger partial charge in [0, 0.05) is 21.8 Å². The summed E-state index contributed by atoms with van der Waals surface area (Å²) in [5, 5.41) is 12.3. The van der Waals surface area contributed by atoms with Crippen LogP contribution >= 0.6 is 0 Å². The smallest absolute Gasteiger partial charge is 0.339 e. The molecule has 13 atom stereocenters. The fourth-order valence-corrected chi connectivity index (χ4v) is 11.6. The van der Waals surface area contributed by atoms with Gasteiger partial charge in [-0.3, -0.25) is 9.59 Å². The SMILES string of the molecule is CC(C)CC[C@@]1(C)O[C@H]2[C@@H]3CC[C@@H]4C[C@]5(C)[C@H](c6ccoc6)OC(=O)[C@H]6O[C@@]65[C@@]5(C)[C@H](O)C(=O)[C@@H]1[C@]2(COC3=O)[C@H]45. The highest BCUT2D eigenvalue weighted by molar-refractivity contribution is 5.92. The Morgan fingerprint density at radius 1 is 1.05 bits per heavy atom. The van der Waals surface area contributed by atoms with Crippen molar-refractivity contribution >= 4 is 17.7 Å². The predicted octanol–water partition coefficient (Wildman–Crippen LogP) is 3.77. The average molecular weight is 569 g/mol. The van der Waals surface area contributed by atoms with E-state index < -0.39 is 69.7 Å². The molecule has 8 rings (SSSR count). The molecular formula is C32H40O9. The van der Waals surface area contributed by atoms with Crippen LogP contribution < -0.4 is 0 Å². The quantitative estimate of drug-likeness (QED) is 0.427. The molecule has 4 aliphatic heterocycles. The summed E-state index contributed by atoms with van der Waals surface area (Å²) in [5.41, 5.74) is -3.91. The second-order valence-electron chi connectivity index (χ2n) is 15.2. The Hall–Kier alpha value is -2.23. The molecule has 1 N–H and O–H groups in total. The normalized spacial score (nSPS) is 54.5. The molecule has 3 aliphatic carbocycles. The maximum Gasteiger partial charge on any atom is 0.339 e. The molecule has 9 nitrogen and oxygen atoms in total. The molecule has 7 fully saturated rings. The standard InChI is InChI=1S/C32H40O9/c1-15(2)8-10-29(4)21-19(33)22(34)30(5)20-16(6-7-18-24(40-29)31(20,21)14-38-26(18)35)12-28(3)23(17-9-11-37-13-17)39-27(36)25-32(28,30)41-25/h9,11,13,15-16,18,20-25,34H,6-8,10,12,14H2,1-5H3/t16-,18+,20-,21+,22-,23+,24+,25-,28-,29-,30-,31+,32+/m1/s1. The molecule has 9 heteroatoms. The molecular weight excluding hydrogens is 528 g/mol. The lowest BCUT2D eigenvalue weighted by Gasteiger charge is -2.68. The highest BCUT2D eigenvalue weighted by atomic mass is 16.7. The summed E-state index contributed by atoms with van der Waals surface area (Å²) in [6, 6.07) is 1.80. The minimum Gasteiger partial charge on any atom is -0.472 e. The number of rotatable bonds is 4. The number of ether oxygens (including phenoxy) is 4. The van der Waals surface area contributed by atoms with Gasteiger partial charge in [0.2, 0.25) is 0 Å². The number of carbonyl (C=O) groups excluding carboxylic acids is 3. The Morgan fingerprint density at radius 2 is 1.83 bits per heavy atom. The maximum absolute atomic E-state index is 14.8. The van der Waals surface area contributed by atoms with Crippen molar-refractivity contribution in [2.45, 2.75) is 102 Å². The van der Waals surface area contributed by atoms with E-state index in [0.717, 1.165) is 18.4 Å². The third kappa shape index (κ3) is 2.74. The Bertz CT molecular complexity index is 1340. The van der Waals surface area contributed by atoms with Gasteiger partial charge in [-0.1, -0.05) is 27.7 Å². The summed E-state index contributed by atoms with van der Waals surface area (Å²) < 4.78 is 31.0. The third-order valence-corrected chi connectivity index (χ3v) is 12.9. The lowest BCUT2D eigenvalue weighted by Crippen LogP contribution is -2.78. The number of carbonyl (C=O) groups is 3. The number of cyclic esters (lactones) is 2. The van der Waals surface area contributed by atoms with E-state index in [1.165, 1.54) is 0 Å². The summed E-state index contributed by atoms with van der Waals surface area (Å²) in [7, 11) is 0. The number of Topliss-reactive ketones (excluding diaryl/α,β-unsaturated/α-hetero) is 1. The highest BCUT2D eigenvalue weighted by Crippen LogP contribution is 2.82. The first kappa shape index (κ1) is 26.4. The molecule has 1 aromatic rings. The Balaban J connectivity index is 1.36. The van der Waals surface area contributed by atoms with Gasteiger partial charge in [0.1, 0.15) is 24.4 Å². The number of esters is 2. The number of aliphatic hydroxyl groups is 1.